The Morgan fingerprint density at radius 1 is 0.412 bits per heavy atom. The maximum atomic E-state index is 15.5. The summed E-state index contributed by atoms with van der Waals surface area (Å²) in [5.74, 6) is 2.80. The molecule has 51 heavy (non-hydrogen) atoms. The number of benzene rings is 8. The van der Waals surface area contributed by atoms with Crippen molar-refractivity contribution in [3.05, 3.63) is 182 Å². The van der Waals surface area contributed by atoms with Crippen molar-refractivity contribution in [3.63, 3.8) is 0 Å². The number of ether oxygens (including phenoxy) is 2. The summed E-state index contributed by atoms with van der Waals surface area (Å²) in [5, 5.41) is 6.60. The first-order valence-electron chi connectivity index (χ1n) is 17.0. The molecule has 0 amide bonds. The summed E-state index contributed by atoms with van der Waals surface area (Å²) in [7, 11) is -3.20. The zero-order chi connectivity index (χ0) is 33.9. The van der Waals surface area contributed by atoms with Gasteiger partial charge in [0.15, 0.2) is 30.1 Å². The Hall–Kier alpha value is -6.35. The van der Waals surface area contributed by atoms with Crippen LogP contribution in [0.2, 0.25) is 0 Å². The Kier molecular flexibility index (Phi) is 6.74. The van der Waals surface area contributed by atoms with Gasteiger partial charge >= 0.3 is 0 Å². The van der Waals surface area contributed by atoms with Gasteiger partial charge in [0.1, 0.15) is 0 Å². The van der Waals surface area contributed by atoms with Gasteiger partial charge in [0, 0.05) is 37.8 Å². The minimum Gasteiger partial charge on any atom is -0.449 e. The van der Waals surface area contributed by atoms with Crippen LogP contribution in [0.4, 0.5) is 0 Å². The van der Waals surface area contributed by atoms with Crippen LogP contribution in [-0.4, -0.2) is 4.57 Å². The zero-order valence-corrected chi connectivity index (χ0v) is 28.3. The van der Waals surface area contributed by atoms with Gasteiger partial charge in [-0.05, 0) is 77.2 Å². The van der Waals surface area contributed by atoms with Crippen LogP contribution in [0.1, 0.15) is 0 Å². The van der Waals surface area contributed by atoms with E-state index in [1.54, 1.807) is 0 Å². The van der Waals surface area contributed by atoms with E-state index in [9.17, 15) is 0 Å². The molecule has 0 saturated heterocycles. The van der Waals surface area contributed by atoms with Crippen molar-refractivity contribution in [2.24, 2.45) is 0 Å². The van der Waals surface area contributed by atoms with E-state index in [1.807, 2.05) is 97.1 Å². The van der Waals surface area contributed by atoms with Crippen LogP contribution >= 0.6 is 7.14 Å². The lowest BCUT2D eigenvalue weighted by Gasteiger charge is -2.23. The smallest absolute Gasteiger partial charge is 0.177 e. The number of para-hydroxylation sites is 3. The lowest BCUT2D eigenvalue weighted by molar-refractivity contribution is 0.363. The second kappa shape index (κ2) is 11.6. The molecule has 0 N–H and O–H groups in total. The molecule has 0 atom stereocenters. The predicted octanol–water partition coefficient (Wildman–Crippen LogP) is 11.1. The summed E-state index contributed by atoms with van der Waals surface area (Å²) in [5.41, 5.74) is 5.28. The maximum absolute atomic E-state index is 15.5. The molecule has 1 aliphatic rings. The topological polar surface area (TPSA) is 40.5 Å². The summed E-state index contributed by atoms with van der Waals surface area (Å²) < 4.78 is 30.7. The van der Waals surface area contributed by atoms with Crippen molar-refractivity contribution >= 4 is 55.6 Å². The SMILES string of the molecule is O=P(c1ccccc1)(c1ccccc1)c1ccc2c(c1)c1cc(-c3cc4c(c5ccccc35)Oc3ccccc3O4)ccc1n2-c1ccccc1. The summed E-state index contributed by atoms with van der Waals surface area (Å²) in [6.45, 7) is 0. The van der Waals surface area contributed by atoms with Gasteiger partial charge in [-0.3, -0.25) is 0 Å². The van der Waals surface area contributed by atoms with Crippen molar-refractivity contribution in [2.45, 2.75) is 0 Å². The molecule has 1 aliphatic heterocycles. The van der Waals surface area contributed by atoms with Gasteiger partial charge in [-0.2, -0.15) is 0 Å². The van der Waals surface area contributed by atoms with Gasteiger partial charge in [-0.25, -0.2) is 0 Å². The average molecular weight is 676 g/mol. The molecule has 0 spiro atoms. The molecular formula is C46H30NO3P. The highest BCUT2D eigenvalue weighted by Gasteiger charge is 2.31. The van der Waals surface area contributed by atoms with E-state index < -0.39 is 7.14 Å². The van der Waals surface area contributed by atoms with Crippen LogP contribution in [0.5, 0.6) is 23.0 Å². The average Bonchev–Trinajstić information content (AvgIpc) is 3.53. The van der Waals surface area contributed by atoms with Crippen molar-refractivity contribution in [2.75, 3.05) is 0 Å². The van der Waals surface area contributed by atoms with Crippen LogP contribution in [0, 0.1) is 0 Å². The van der Waals surface area contributed by atoms with Gasteiger partial charge in [-0.1, -0.05) is 121 Å². The summed E-state index contributed by atoms with van der Waals surface area (Å²) in [4.78, 5) is 0. The third-order valence-electron chi connectivity index (χ3n) is 9.92. The highest BCUT2D eigenvalue weighted by Crippen LogP contribution is 2.51. The molecule has 10 rings (SSSR count). The molecule has 1 aromatic heterocycles. The number of nitrogens with zero attached hydrogens (tertiary/aromatic N) is 1. The third kappa shape index (κ3) is 4.65. The quantitative estimate of drug-likeness (QED) is 0.171. The molecular weight excluding hydrogens is 645 g/mol. The van der Waals surface area contributed by atoms with Crippen molar-refractivity contribution in [1.29, 1.82) is 0 Å². The first kappa shape index (κ1) is 29.6. The van der Waals surface area contributed by atoms with Gasteiger partial charge in [0.05, 0.1) is 11.0 Å². The Balaban J connectivity index is 1.23. The summed E-state index contributed by atoms with van der Waals surface area (Å²) in [6.07, 6.45) is 0. The van der Waals surface area contributed by atoms with Gasteiger partial charge in [0.2, 0.25) is 0 Å². The van der Waals surface area contributed by atoms with Gasteiger partial charge < -0.3 is 18.6 Å². The molecule has 9 aromatic rings. The highest BCUT2D eigenvalue weighted by atomic mass is 31.2. The first-order chi connectivity index (χ1) is 25.2. The van der Waals surface area contributed by atoms with E-state index in [1.165, 1.54) is 0 Å². The first-order valence-corrected chi connectivity index (χ1v) is 18.7. The monoisotopic (exact) mass is 675 g/mol. The number of hydrogen-bond acceptors (Lipinski definition) is 3. The highest BCUT2D eigenvalue weighted by molar-refractivity contribution is 7.85. The van der Waals surface area contributed by atoms with Crippen molar-refractivity contribution in [3.8, 4) is 39.8 Å². The number of rotatable bonds is 5. The Morgan fingerprint density at radius 3 is 1.65 bits per heavy atom. The third-order valence-corrected chi connectivity index (χ3v) is 13.0. The minimum atomic E-state index is -3.20. The molecule has 0 fully saturated rings. The number of aromatic nitrogens is 1. The second-order valence-electron chi connectivity index (χ2n) is 12.8. The molecule has 0 aliphatic carbocycles. The van der Waals surface area contributed by atoms with E-state index in [0.717, 1.165) is 71.1 Å². The van der Waals surface area contributed by atoms with Gasteiger partial charge in [-0.15, -0.1) is 0 Å². The maximum Gasteiger partial charge on any atom is 0.177 e. The van der Waals surface area contributed by atoms with Crippen molar-refractivity contribution < 1.29 is 14.0 Å². The molecule has 5 heteroatoms. The Labute approximate surface area is 295 Å². The standard InChI is InChI=1S/C46H30NO3P/c48-51(33-16-6-2-7-17-33,34-18-8-3-9-19-34)35-25-27-42-40(29-35)39-28-31(24-26-41(39)47(42)32-14-4-1-5-15-32)38-30-45-46(37-21-11-10-20-36(37)38)50-44-23-13-12-22-43(44)49-45/h1-30H. The van der Waals surface area contributed by atoms with Crippen LogP contribution in [0.25, 0.3) is 49.4 Å². The normalized spacial score (nSPS) is 12.3. The molecule has 0 radical (unpaired) electrons. The number of hydrogen-bond donors (Lipinski definition) is 0. The van der Waals surface area contributed by atoms with E-state index >= 15 is 4.57 Å². The second-order valence-corrected chi connectivity index (χ2v) is 15.6. The lowest BCUT2D eigenvalue weighted by Crippen LogP contribution is -2.24. The van der Waals surface area contributed by atoms with E-state index in [2.05, 4.69) is 89.5 Å². The minimum absolute atomic E-state index is 0.683. The van der Waals surface area contributed by atoms with E-state index in [-0.39, 0.29) is 0 Å². The predicted molar refractivity (Wildman–Crippen MR) is 210 cm³/mol. The fourth-order valence-corrected chi connectivity index (χ4v) is 10.2. The molecule has 242 valence electrons. The molecule has 2 heterocycles. The lowest BCUT2D eigenvalue weighted by atomic mass is 9.95. The van der Waals surface area contributed by atoms with E-state index in [0.29, 0.717) is 17.2 Å². The van der Waals surface area contributed by atoms with Crippen LogP contribution in [0.15, 0.2) is 182 Å². The molecule has 0 saturated carbocycles. The van der Waals surface area contributed by atoms with Crippen LogP contribution < -0.4 is 25.4 Å². The summed E-state index contributed by atoms with van der Waals surface area (Å²) >= 11 is 0. The fourth-order valence-electron chi connectivity index (χ4n) is 7.54. The molecule has 0 unspecified atom stereocenters. The van der Waals surface area contributed by atoms with Crippen molar-refractivity contribution in [1.82, 2.24) is 4.57 Å². The molecule has 0 bridgehead atoms. The molecule has 4 nitrogen and oxygen atoms in total. The van der Waals surface area contributed by atoms with Crippen LogP contribution in [0.3, 0.4) is 0 Å². The van der Waals surface area contributed by atoms with E-state index in [4.69, 9.17) is 9.47 Å². The van der Waals surface area contributed by atoms with Crippen LogP contribution in [-0.2, 0) is 4.57 Å². The molecule has 8 aromatic carbocycles. The summed E-state index contributed by atoms with van der Waals surface area (Å²) in [6, 6.07) is 61.3. The zero-order valence-electron chi connectivity index (χ0n) is 27.4. The number of fused-ring (bicyclic) bond motifs is 7. The van der Waals surface area contributed by atoms with Gasteiger partial charge in [0.25, 0.3) is 0 Å². The Bertz CT molecular complexity index is 2780. The fraction of sp³-hybridized carbons (Fsp3) is 0. The Morgan fingerprint density at radius 2 is 0.961 bits per heavy atom. The largest absolute Gasteiger partial charge is 0.449 e.